The van der Waals surface area contributed by atoms with Crippen molar-refractivity contribution in [1.82, 2.24) is 9.97 Å². The predicted octanol–water partition coefficient (Wildman–Crippen LogP) is 2.74. The third-order valence-electron chi connectivity index (χ3n) is 1.91. The molecule has 0 aliphatic carbocycles. The Morgan fingerprint density at radius 1 is 1.36 bits per heavy atom. The number of aromatic nitrogens is 2. The van der Waals surface area contributed by atoms with E-state index in [0.717, 1.165) is 11.3 Å². The fraction of sp³-hybridized carbons (Fsp3) is 0.100. The third kappa shape index (κ3) is 1.59. The van der Waals surface area contributed by atoms with Gasteiger partial charge in [0.05, 0.1) is 18.9 Å². The summed E-state index contributed by atoms with van der Waals surface area (Å²) in [4.78, 5) is 7.07. The molecule has 1 aromatic heterocycles. The number of hydrogen-bond acceptors (Lipinski definition) is 2. The molecule has 0 fully saturated rings. The fourth-order valence-corrected chi connectivity index (χ4v) is 1.41. The van der Waals surface area contributed by atoms with Gasteiger partial charge < -0.3 is 9.72 Å². The van der Waals surface area contributed by atoms with Crippen molar-refractivity contribution in [1.29, 1.82) is 0 Å². The molecule has 0 unspecified atom stereocenters. The van der Waals surface area contributed by atoms with E-state index in [1.807, 2.05) is 24.3 Å². The molecule has 0 spiro atoms. The van der Waals surface area contributed by atoms with Gasteiger partial charge in [-0.25, -0.2) is 4.98 Å². The second-order valence-corrected chi connectivity index (χ2v) is 3.19. The molecule has 0 saturated carbocycles. The van der Waals surface area contributed by atoms with Crippen LogP contribution in [0.2, 0.25) is 5.15 Å². The molecule has 2 aromatic rings. The first-order valence-electron chi connectivity index (χ1n) is 4.15. The SMILES string of the molecule is COc1ccccc1-c1ncc(Cl)[nH]1. The molecule has 1 N–H and O–H groups in total. The molecule has 0 radical (unpaired) electrons. The summed E-state index contributed by atoms with van der Waals surface area (Å²) in [5.74, 6) is 1.49. The number of benzene rings is 1. The van der Waals surface area contributed by atoms with Crippen molar-refractivity contribution in [2.45, 2.75) is 0 Å². The van der Waals surface area contributed by atoms with Crippen LogP contribution in [0.3, 0.4) is 0 Å². The minimum absolute atomic E-state index is 0.519. The average molecular weight is 209 g/mol. The van der Waals surface area contributed by atoms with Gasteiger partial charge in [-0.3, -0.25) is 0 Å². The normalized spacial score (nSPS) is 10.1. The monoisotopic (exact) mass is 208 g/mol. The number of ether oxygens (including phenoxy) is 1. The second kappa shape index (κ2) is 3.72. The van der Waals surface area contributed by atoms with E-state index in [1.165, 1.54) is 0 Å². The molecule has 0 saturated heterocycles. The number of halogens is 1. The summed E-state index contributed by atoms with van der Waals surface area (Å²) in [6.45, 7) is 0. The van der Waals surface area contributed by atoms with Crippen LogP contribution in [-0.2, 0) is 0 Å². The van der Waals surface area contributed by atoms with E-state index < -0.39 is 0 Å². The highest BCUT2D eigenvalue weighted by Gasteiger charge is 2.07. The van der Waals surface area contributed by atoms with Crippen LogP contribution in [0.15, 0.2) is 30.5 Å². The molecule has 0 amide bonds. The molecular formula is C10H9ClN2O. The Morgan fingerprint density at radius 2 is 2.14 bits per heavy atom. The Bertz CT molecular complexity index is 439. The second-order valence-electron chi connectivity index (χ2n) is 2.78. The largest absolute Gasteiger partial charge is 0.496 e. The fourth-order valence-electron chi connectivity index (χ4n) is 1.28. The van der Waals surface area contributed by atoms with Gasteiger partial charge in [-0.1, -0.05) is 23.7 Å². The zero-order valence-corrected chi connectivity index (χ0v) is 8.38. The van der Waals surface area contributed by atoms with Gasteiger partial charge in [0.2, 0.25) is 0 Å². The van der Waals surface area contributed by atoms with Gasteiger partial charge in [0.1, 0.15) is 16.7 Å². The summed E-state index contributed by atoms with van der Waals surface area (Å²) in [5.41, 5.74) is 0.905. The van der Waals surface area contributed by atoms with Crippen LogP contribution in [0.1, 0.15) is 0 Å². The van der Waals surface area contributed by atoms with Gasteiger partial charge in [0.25, 0.3) is 0 Å². The Morgan fingerprint density at radius 3 is 2.79 bits per heavy atom. The van der Waals surface area contributed by atoms with E-state index in [-0.39, 0.29) is 0 Å². The number of hydrogen-bond donors (Lipinski definition) is 1. The molecule has 14 heavy (non-hydrogen) atoms. The summed E-state index contributed by atoms with van der Waals surface area (Å²) in [7, 11) is 1.63. The van der Waals surface area contributed by atoms with Crippen LogP contribution in [0.25, 0.3) is 11.4 Å². The topological polar surface area (TPSA) is 37.9 Å². The Balaban J connectivity index is 2.50. The highest BCUT2D eigenvalue weighted by Crippen LogP contribution is 2.27. The van der Waals surface area contributed by atoms with E-state index in [0.29, 0.717) is 11.0 Å². The Labute approximate surface area is 86.7 Å². The number of rotatable bonds is 2. The first-order valence-corrected chi connectivity index (χ1v) is 4.53. The summed E-state index contributed by atoms with van der Waals surface area (Å²) >= 11 is 5.75. The predicted molar refractivity (Wildman–Crippen MR) is 55.6 cm³/mol. The molecule has 1 heterocycles. The van der Waals surface area contributed by atoms with Gasteiger partial charge in [0, 0.05) is 0 Å². The van der Waals surface area contributed by atoms with E-state index in [1.54, 1.807) is 13.3 Å². The lowest BCUT2D eigenvalue weighted by atomic mass is 10.2. The van der Waals surface area contributed by atoms with Crippen LogP contribution in [-0.4, -0.2) is 17.1 Å². The van der Waals surface area contributed by atoms with Crippen molar-refractivity contribution in [3.8, 4) is 17.1 Å². The minimum Gasteiger partial charge on any atom is -0.496 e. The number of nitrogens with zero attached hydrogens (tertiary/aromatic N) is 1. The Kier molecular flexibility index (Phi) is 2.41. The van der Waals surface area contributed by atoms with Crippen molar-refractivity contribution >= 4 is 11.6 Å². The lowest BCUT2D eigenvalue weighted by molar-refractivity contribution is 0.416. The number of methoxy groups -OCH3 is 1. The first-order chi connectivity index (χ1) is 6.81. The maximum absolute atomic E-state index is 5.75. The number of H-pyrrole nitrogens is 1. The van der Waals surface area contributed by atoms with Gasteiger partial charge >= 0.3 is 0 Å². The average Bonchev–Trinajstić information content (AvgIpc) is 2.65. The van der Waals surface area contributed by atoms with E-state index in [4.69, 9.17) is 16.3 Å². The standard InChI is InChI=1S/C10H9ClN2O/c1-14-8-5-3-2-4-7(8)10-12-6-9(11)13-10/h2-6H,1H3,(H,12,13). The van der Waals surface area contributed by atoms with E-state index in [9.17, 15) is 0 Å². The molecule has 0 bridgehead atoms. The summed E-state index contributed by atoms with van der Waals surface area (Å²) in [6, 6.07) is 7.64. The molecular weight excluding hydrogens is 200 g/mol. The quantitative estimate of drug-likeness (QED) is 0.824. The van der Waals surface area contributed by atoms with Crippen LogP contribution in [0.4, 0.5) is 0 Å². The minimum atomic E-state index is 0.519. The lowest BCUT2D eigenvalue weighted by Gasteiger charge is -2.04. The maximum atomic E-state index is 5.75. The van der Waals surface area contributed by atoms with E-state index in [2.05, 4.69) is 9.97 Å². The molecule has 4 heteroatoms. The first kappa shape index (κ1) is 9.09. The zero-order chi connectivity index (χ0) is 9.97. The third-order valence-corrected chi connectivity index (χ3v) is 2.10. The molecule has 72 valence electrons. The molecule has 0 aliphatic heterocycles. The van der Waals surface area contributed by atoms with Crippen LogP contribution >= 0.6 is 11.6 Å². The van der Waals surface area contributed by atoms with Crippen molar-refractivity contribution < 1.29 is 4.74 Å². The molecule has 2 rings (SSSR count). The van der Waals surface area contributed by atoms with Gasteiger partial charge in [-0.2, -0.15) is 0 Å². The van der Waals surface area contributed by atoms with Crippen molar-refractivity contribution in [2.24, 2.45) is 0 Å². The van der Waals surface area contributed by atoms with Gasteiger partial charge in [-0.15, -0.1) is 0 Å². The van der Waals surface area contributed by atoms with Gasteiger partial charge in [-0.05, 0) is 12.1 Å². The van der Waals surface area contributed by atoms with Crippen molar-refractivity contribution in [3.63, 3.8) is 0 Å². The number of imidazole rings is 1. The maximum Gasteiger partial charge on any atom is 0.142 e. The smallest absolute Gasteiger partial charge is 0.142 e. The summed E-state index contributed by atoms with van der Waals surface area (Å²) in [6.07, 6.45) is 1.57. The highest BCUT2D eigenvalue weighted by molar-refractivity contribution is 6.29. The lowest BCUT2D eigenvalue weighted by Crippen LogP contribution is -1.88. The summed E-state index contributed by atoms with van der Waals surface area (Å²) < 4.78 is 5.21. The number of nitrogens with one attached hydrogen (secondary N) is 1. The summed E-state index contributed by atoms with van der Waals surface area (Å²) in [5, 5.41) is 0.519. The molecule has 3 nitrogen and oxygen atoms in total. The van der Waals surface area contributed by atoms with E-state index >= 15 is 0 Å². The Hall–Kier alpha value is -1.48. The zero-order valence-electron chi connectivity index (χ0n) is 7.62. The van der Waals surface area contributed by atoms with Gasteiger partial charge in [0.15, 0.2) is 0 Å². The number of aromatic amines is 1. The molecule has 0 aliphatic rings. The highest BCUT2D eigenvalue weighted by atomic mass is 35.5. The number of para-hydroxylation sites is 1. The van der Waals surface area contributed by atoms with Crippen molar-refractivity contribution in [3.05, 3.63) is 35.6 Å². The van der Waals surface area contributed by atoms with Crippen molar-refractivity contribution in [2.75, 3.05) is 7.11 Å². The van der Waals surface area contributed by atoms with Crippen LogP contribution in [0.5, 0.6) is 5.75 Å². The molecule has 0 atom stereocenters. The van der Waals surface area contributed by atoms with Crippen LogP contribution < -0.4 is 4.74 Å². The van der Waals surface area contributed by atoms with Crippen LogP contribution in [0, 0.1) is 0 Å². The molecule has 1 aromatic carbocycles.